The number of piperidine rings is 2. The summed E-state index contributed by atoms with van der Waals surface area (Å²) in [6, 6.07) is 0.791. The number of fused-ring (bicyclic) bond motifs is 1. The van der Waals surface area contributed by atoms with E-state index in [0.717, 1.165) is 17.7 Å². The molecule has 2 fully saturated rings. The van der Waals surface area contributed by atoms with Crippen LogP contribution in [0, 0.1) is 11.3 Å². The van der Waals surface area contributed by atoms with Gasteiger partial charge in [-0.05, 0) is 44.7 Å². The van der Waals surface area contributed by atoms with Crippen LogP contribution in [0.2, 0.25) is 0 Å². The fourth-order valence-corrected chi connectivity index (χ4v) is 3.75. The number of thioether (sulfide) groups is 1. The lowest BCUT2D eigenvalue weighted by Crippen LogP contribution is -2.48. The predicted molar refractivity (Wildman–Crippen MR) is 87.0 cm³/mol. The molecule has 2 rings (SSSR count). The van der Waals surface area contributed by atoms with Crippen molar-refractivity contribution in [3.63, 3.8) is 0 Å². The molecule has 2 unspecified atom stereocenters. The van der Waals surface area contributed by atoms with Gasteiger partial charge in [0.25, 0.3) is 0 Å². The summed E-state index contributed by atoms with van der Waals surface area (Å²) in [5.41, 5.74) is 5.41. The summed E-state index contributed by atoms with van der Waals surface area (Å²) < 4.78 is 0. The van der Waals surface area contributed by atoms with Crippen LogP contribution in [0.15, 0.2) is 0 Å². The summed E-state index contributed by atoms with van der Waals surface area (Å²) in [4.78, 5) is 2.67. The van der Waals surface area contributed by atoms with Crippen LogP contribution in [-0.4, -0.2) is 35.0 Å². The molecule has 0 aromatic heterocycles. The average Bonchev–Trinajstić information content (AvgIpc) is 2.26. The van der Waals surface area contributed by atoms with E-state index in [1.165, 1.54) is 57.0 Å². The lowest BCUT2D eigenvalue weighted by molar-refractivity contribution is 0.0694. The molecular formula is C11H23Br2N3S. The molecule has 2 aliphatic rings. The maximum absolute atomic E-state index is 7.27. The fraction of sp³-hybridized carbons (Fsp3) is 0.909. The summed E-state index contributed by atoms with van der Waals surface area (Å²) in [5, 5.41) is 7.55. The third kappa shape index (κ3) is 5.09. The van der Waals surface area contributed by atoms with Gasteiger partial charge >= 0.3 is 0 Å². The van der Waals surface area contributed by atoms with Gasteiger partial charge in [-0.15, -0.1) is 34.0 Å². The summed E-state index contributed by atoms with van der Waals surface area (Å²) in [5.74, 6) is 1.82. The Morgan fingerprint density at radius 2 is 1.88 bits per heavy atom. The zero-order chi connectivity index (χ0) is 10.7. The van der Waals surface area contributed by atoms with E-state index in [4.69, 9.17) is 11.1 Å². The molecule has 0 radical (unpaired) electrons. The van der Waals surface area contributed by atoms with Gasteiger partial charge in [0.1, 0.15) is 0 Å². The molecule has 0 aromatic rings. The zero-order valence-electron chi connectivity index (χ0n) is 10.1. The highest BCUT2D eigenvalue weighted by Crippen LogP contribution is 2.32. The molecule has 3 nitrogen and oxygen atoms in total. The minimum atomic E-state index is 0. The van der Waals surface area contributed by atoms with Gasteiger partial charge in [-0.2, -0.15) is 0 Å². The minimum absolute atomic E-state index is 0. The highest BCUT2D eigenvalue weighted by molar-refractivity contribution is 8.93. The topological polar surface area (TPSA) is 53.1 Å². The molecule has 0 amide bonds. The number of hydrogen-bond donors (Lipinski definition) is 2. The number of hydrogen-bond acceptors (Lipinski definition) is 3. The SMILES string of the molecule is Br.Br.N=C(N)SCC1CCCN2CCCCC12. The number of halogens is 2. The first-order valence-corrected chi connectivity index (χ1v) is 6.97. The molecule has 2 heterocycles. The molecule has 17 heavy (non-hydrogen) atoms. The first kappa shape index (κ1) is 17.7. The molecule has 2 atom stereocenters. The fourth-order valence-electron chi connectivity index (χ4n) is 2.97. The van der Waals surface area contributed by atoms with Crippen molar-refractivity contribution in [2.75, 3.05) is 18.8 Å². The van der Waals surface area contributed by atoms with Crippen molar-refractivity contribution < 1.29 is 0 Å². The standard InChI is InChI=1S/C11H21N3S.2BrH/c12-11(13)15-8-9-4-3-7-14-6-2-1-5-10(9)14;;/h9-10H,1-8H2,(H3,12,13);2*1H. The Hall–Kier alpha value is 0.740. The summed E-state index contributed by atoms with van der Waals surface area (Å²) in [6.07, 6.45) is 6.80. The van der Waals surface area contributed by atoms with Crippen molar-refractivity contribution >= 4 is 50.9 Å². The molecule has 0 saturated carbocycles. The highest BCUT2D eigenvalue weighted by atomic mass is 79.9. The van der Waals surface area contributed by atoms with E-state index in [2.05, 4.69) is 4.90 Å². The van der Waals surface area contributed by atoms with E-state index in [-0.39, 0.29) is 39.1 Å². The van der Waals surface area contributed by atoms with E-state index in [0.29, 0.717) is 0 Å². The van der Waals surface area contributed by atoms with Gasteiger partial charge in [-0.1, -0.05) is 18.2 Å². The van der Waals surface area contributed by atoms with Gasteiger partial charge in [0, 0.05) is 11.8 Å². The van der Waals surface area contributed by atoms with E-state index in [1.807, 2.05) is 0 Å². The Kier molecular flexibility index (Phi) is 9.16. The van der Waals surface area contributed by atoms with Gasteiger partial charge < -0.3 is 10.6 Å². The first-order chi connectivity index (χ1) is 7.27. The van der Waals surface area contributed by atoms with Gasteiger partial charge in [-0.3, -0.25) is 5.41 Å². The van der Waals surface area contributed by atoms with Crippen molar-refractivity contribution in [1.82, 2.24) is 4.90 Å². The maximum Gasteiger partial charge on any atom is 0.151 e. The van der Waals surface area contributed by atoms with Crippen molar-refractivity contribution in [1.29, 1.82) is 5.41 Å². The van der Waals surface area contributed by atoms with Gasteiger partial charge in [0.05, 0.1) is 0 Å². The first-order valence-electron chi connectivity index (χ1n) is 5.98. The molecule has 2 aliphatic heterocycles. The van der Waals surface area contributed by atoms with E-state index >= 15 is 0 Å². The second-order valence-corrected chi connectivity index (χ2v) is 5.74. The van der Waals surface area contributed by atoms with Crippen LogP contribution >= 0.6 is 45.7 Å². The van der Waals surface area contributed by atoms with E-state index in [1.54, 1.807) is 0 Å². The molecular weight excluding hydrogens is 366 g/mol. The van der Waals surface area contributed by atoms with Gasteiger partial charge in [-0.25, -0.2) is 0 Å². The third-order valence-electron chi connectivity index (χ3n) is 3.68. The Bertz CT molecular complexity index is 239. The molecule has 102 valence electrons. The largest absolute Gasteiger partial charge is 0.379 e. The Morgan fingerprint density at radius 1 is 1.18 bits per heavy atom. The maximum atomic E-state index is 7.27. The normalized spacial score (nSPS) is 28.5. The van der Waals surface area contributed by atoms with Crippen LogP contribution in [0.5, 0.6) is 0 Å². The molecule has 0 aromatic carbocycles. The van der Waals surface area contributed by atoms with Crippen molar-refractivity contribution in [3.8, 4) is 0 Å². The number of nitrogens with two attached hydrogens (primary N) is 1. The second-order valence-electron chi connectivity index (χ2n) is 4.68. The predicted octanol–water partition coefficient (Wildman–Crippen LogP) is 3.03. The monoisotopic (exact) mass is 387 g/mol. The molecule has 0 spiro atoms. The van der Waals surface area contributed by atoms with Crippen molar-refractivity contribution in [2.24, 2.45) is 11.7 Å². The van der Waals surface area contributed by atoms with Gasteiger partial charge in [0.15, 0.2) is 5.17 Å². The third-order valence-corrected chi connectivity index (χ3v) is 4.59. The number of nitrogens with one attached hydrogen (secondary N) is 1. The van der Waals surface area contributed by atoms with Crippen LogP contribution in [0.1, 0.15) is 32.1 Å². The van der Waals surface area contributed by atoms with Crippen LogP contribution in [-0.2, 0) is 0 Å². The lowest BCUT2D eigenvalue weighted by atomic mass is 9.85. The highest BCUT2D eigenvalue weighted by Gasteiger charge is 2.32. The van der Waals surface area contributed by atoms with Crippen molar-refractivity contribution in [3.05, 3.63) is 0 Å². The quantitative estimate of drug-likeness (QED) is 0.564. The molecule has 6 heteroatoms. The summed E-state index contributed by atoms with van der Waals surface area (Å²) >= 11 is 1.53. The number of amidine groups is 1. The number of rotatable bonds is 2. The average molecular weight is 389 g/mol. The number of nitrogens with zero attached hydrogens (tertiary/aromatic N) is 1. The van der Waals surface area contributed by atoms with Crippen LogP contribution in [0.4, 0.5) is 0 Å². The zero-order valence-corrected chi connectivity index (χ0v) is 14.3. The van der Waals surface area contributed by atoms with Crippen LogP contribution < -0.4 is 5.73 Å². The molecule has 3 N–H and O–H groups in total. The Labute approximate surface area is 129 Å². The second kappa shape index (κ2) is 8.77. The molecule has 0 bridgehead atoms. The summed E-state index contributed by atoms with van der Waals surface area (Å²) in [7, 11) is 0. The van der Waals surface area contributed by atoms with Crippen LogP contribution in [0.25, 0.3) is 0 Å². The summed E-state index contributed by atoms with van der Waals surface area (Å²) in [6.45, 7) is 2.60. The molecule has 2 saturated heterocycles. The van der Waals surface area contributed by atoms with Gasteiger partial charge in [0.2, 0.25) is 0 Å². The molecule has 0 aliphatic carbocycles. The van der Waals surface area contributed by atoms with Crippen LogP contribution in [0.3, 0.4) is 0 Å². The minimum Gasteiger partial charge on any atom is -0.379 e. The smallest absolute Gasteiger partial charge is 0.151 e. The Morgan fingerprint density at radius 3 is 2.59 bits per heavy atom. The Balaban J connectivity index is 0.00000128. The van der Waals surface area contributed by atoms with E-state index < -0.39 is 0 Å². The van der Waals surface area contributed by atoms with E-state index in [9.17, 15) is 0 Å². The lowest BCUT2D eigenvalue weighted by Gasteiger charge is -2.44. The van der Waals surface area contributed by atoms with Crippen molar-refractivity contribution in [2.45, 2.75) is 38.1 Å².